The van der Waals surface area contributed by atoms with Crippen molar-refractivity contribution in [1.29, 1.82) is 0 Å². The van der Waals surface area contributed by atoms with Crippen molar-refractivity contribution in [3.8, 4) is 39.7 Å². The number of rotatable bonds is 10. The minimum absolute atomic E-state index is 0.430. The second-order valence-corrected chi connectivity index (χ2v) is 10.3. The lowest BCUT2D eigenvalue weighted by molar-refractivity contribution is 0.504. The number of aryl methyl sites for hydroxylation is 1. The summed E-state index contributed by atoms with van der Waals surface area (Å²) in [6.07, 6.45) is 11.8. The van der Waals surface area contributed by atoms with Crippen molar-refractivity contribution in [3.05, 3.63) is 175 Å². The Balaban J connectivity index is 1.59. The number of ether oxygens (including phenoxy) is 1. The van der Waals surface area contributed by atoms with Gasteiger partial charge in [-0.05, 0) is 55.2 Å². The van der Waals surface area contributed by atoms with Crippen LogP contribution in [0.5, 0.6) is 5.75 Å². The number of aromatic nitrogens is 3. The van der Waals surface area contributed by atoms with Crippen LogP contribution in [0, 0.1) is 6.92 Å². The van der Waals surface area contributed by atoms with Crippen molar-refractivity contribution in [3.63, 3.8) is 0 Å². The molecule has 4 aromatic carbocycles. The molecular formula is C40H35N3O. The Kier molecular flexibility index (Phi) is 9.86. The van der Waals surface area contributed by atoms with Crippen LogP contribution < -0.4 is 4.74 Å². The molecule has 0 aliphatic heterocycles. The van der Waals surface area contributed by atoms with E-state index in [4.69, 9.17) is 19.7 Å². The first kappa shape index (κ1) is 29.9. The molecule has 1 aromatic heterocycles. The Morgan fingerprint density at radius 3 is 1.82 bits per heavy atom. The lowest BCUT2D eigenvalue weighted by Gasteiger charge is -2.13. The summed E-state index contributed by atoms with van der Waals surface area (Å²) < 4.78 is 6.49. The second-order valence-electron chi connectivity index (χ2n) is 10.3. The minimum Gasteiger partial charge on any atom is -0.453 e. The molecule has 216 valence electrons. The van der Waals surface area contributed by atoms with Crippen LogP contribution in [0.1, 0.15) is 25.2 Å². The van der Waals surface area contributed by atoms with Crippen molar-refractivity contribution in [2.75, 3.05) is 0 Å². The molecule has 0 radical (unpaired) electrons. The lowest BCUT2D eigenvalue weighted by Crippen LogP contribution is -2.06. The molecule has 0 saturated heterocycles. The third-order valence-corrected chi connectivity index (χ3v) is 7.03. The summed E-state index contributed by atoms with van der Waals surface area (Å²) in [5.74, 6) is 2.78. The van der Waals surface area contributed by atoms with Crippen molar-refractivity contribution in [1.82, 2.24) is 15.0 Å². The summed E-state index contributed by atoms with van der Waals surface area (Å²) in [7, 11) is 0. The average molecular weight is 574 g/mol. The van der Waals surface area contributed by atoms with E-state index in [1.807, 2.05) is 129 Å². The number of allylic oxidation sites excluding steroid dienone is 8. The van der Waals surface area contributed by atoms with Gasteiger partial charge >= 0.3 is 0 Å². The molecule has 0 N–H and O–H groups in total. The quantitative estimate of drug-likeness (QED) is 0.123. The number of para-hydroxylation sites is 1. The molecule has 4 heteroatoms. The van der Waals surface area contributed by atoms with Crippen LogP contribution in [-0.2, 0) is 0 Å². The molecule has 4 nitrogen and oxygen atoms in total. The van der Waals surface area contributed by atoms with Crippen LogP contribution in [0.4, 0.5) is 0 Å². The number of hydrogen-bond acceptors (Lipinski definition) is 4. The maximum absolute atomic E-state index is 6.49. The minimum atomic E-state index is 0.430. The summed E-state index contributed by atoms with van der Waals surface area (Å²) in [5.41, 5.74) is 7.08. The summed E-state index contributed by atoms with van der Waals surface area (Å²) in [5, 5.41) is 0. The highest BCUT2D eigenvalue weighted by molar-refractivity contribution is 5.70. The van der Waals surface area contributed by atoms with Gasteiger partial charge in [0.15, 0.2) is 23.2 Å². The summed E-state index contributed by atoms with van der Waals surface area (Å²) in [4.78, 5) is 14.7. The fraction of sp³-hybridized carbons (Fsp3) is 0.0750. The molecule has 0 aliphatic rings. The molecule has 1 heterocycles. The highest BCUT2D eigenvalue weighted by Gasteiger charge is 2.16. The summed E-state index contributed by atoms with van der Waals surface area (Å²) in [6.45, 7) is 10.2. The smallest absolute Gasteiger partial charge is 0.199 e. The van der Waals surface area contributed by atoms with Gasteiger partial charge in [0.1, 0.15) is 5.75 Å². The first-order chi connectivity index (χ1) is 21.5. The Labute approximate surface area is 260 Å². The second kappa shape index (κ2) is 14.5. The van der Waals surface area contributed by atoms with E-state index in [2.05, 4.69) is 43.8 Å². The SMILES string of the molecule is C=C(/C=C\C=C(/Oc1ccccc1C)c1nc(-c2ccccc2)nc(-c2ccc(-c3ccccc3)cc2)n1)/C=C\C(C)=C\C. The van der Waals surface area contributed by atoms with E-state index in [1.165, 1.54) is 5.57 Å². The molecule has 5 rings (SSSR count). The molecule has 5 aromatic rings. The highest BCUT2D eigenvalue weighted by atomic mass is 16.5. The molecule has 0 atom stereocenters. The van der Waals surface area contributed by atoms with Crippen molar-refractivity contribution < 1.29 is 4.74 Å². The molecule has 0 saturated carbocycles. The van der Waals surface area contributed by atoms with Gasteiger partial charge in [-0.1, -0.05) is 146 Å². The van der Waals surface area contributed by atoms with Crippen LogP contribution in [0.3, 0.4) is 0 Å². The summed E-state index contributed by atoms with van der Waals surface area (Å²) in [6, 6.07) is 36.4. The largest absolute Gasteiger partial charge is 0.453 e. The van der Waals surface area contributed by atoms with Crippen LogP contribution in [-0.4, -0.2) is 15.0 Å². The van der Waals surface area contributed by atoms with E-state index < -0.39 is 0 Å². The zero-order chi connectivity index (χ0) is 30.7. The van der Waals surface area contributed by atoms with Crippen molar-refractivity contribution >= 4 is 5.76 Å². The van der Waals surface area contributed by atoms with Crippen LogP contribution >= 0.6 is 0 Å². The molecule has 0 spiro atoms. The third kappa shape index (κ3) is 7.81. The average Bonchev–Trinajstić information content (AvgIpc) is 3.08. The topological polar surface area (TPSA) is 47.9 Å². The predicted molar refractivity (Wildman–Crippen MR) is 183 cm³/mol. The van der Waals surface area contributed by atoms with E-state index in [1.54, 1.807) is 0 Å². The molecule has 44 heavy (non-hydrogen) atoms. The Morgan fingerprint density at radius 2 is 1.18 bits per heavy atom. The zero-order valence-electron chi connectivity index (χ0n) is 25.3. The van der Waals surface area contributed by atoms with Gasteiger partial charge in [-0.3, -0.25) is 0 Å². The van der Waals surface area contributed by atoms with Crippen molar-refractivity contribution in [2.45, 2.75) is 20.8 Å². The van der Waals surface area contributed by atoms with Gasteiger partial charge in [0.25, 0.3) is 0 Å². The predicted octanol–water partition coefficient (Wildman–Crippen LogP) is 10.2. The molecule has 0 unspecified atom stereocenters. The monoisotopic (exact) mass is 573 g/mol. The van der Waals surface area contributed by atoms with Gasteiger partial charge in [-0.15, -0.1) is 0 Å². The normalized spacial score (nSPS) is 12.2. The Morgan fingerprint density at radius 1 is 0.636 bits per heavy atom. The van der Waals surface area contributed by atoms with Gasteiger partial charge in [-0.25, -0.2) is 15.0 Å². The van der Waals surface area contributed by atoms with Gasteiger partial charge in [0.05, 0.1) is 0 Å². The molecular weight excluding hydrogens is 538 g/mol. The molecule has 0 amide bonds. The van der Waals surface area contributed by atoms with E-state index in [9.17, 15) is 0 Å². The first-order valence-corrected chi connectivity index (χ1v) is 14.6. The van der Waals surface area contributed by atoms with Crippen LogP contribution in [0.2, 0.25) is 0 Å². The Bertz CT molecular complexity index is 1850. The first-order valence-electron chi connectivity index (χ1n) is 14.6. The molecule has 0 fully saturated rings. The van der Waals surface area contributed by atoms with Gasteiger partial charge in [-0.2, -0.15) is 0 Å². The van der Waals surface area contributed by atoms with Gasteiger partial charge < -0.3 is 4.74 Å². The third-order valence-electron chi connectivity index (χ3n) is 7.03. The lowest BCUT2D eigenvalue weighted by atomic mass is 10.0. The fourth-order valence-corrected chi connectivity index (χ4v) is 4.37. The van der Waals surface area contributed by atoms with Crippen LogP contribution in [0.15, 0.2) is 163 Å². The standard InChI is InChI=1S/C40H35N3O/c1-5-29(2)23-24-30(3)15-14-22-37(44-36-21-13-12-16-31(36)4)40-42-38(34-19-10-7-11-20-34)41-39(43-40)35-27-25-33(26-28-35)32-17-8-6-9-18-32/h5-28H,3H2,1-2,4H3/b15-14-,24-23-,29-5+,37-22-. The van der Waals surface area contributed by atoms with E-state index >= 15 is 0 Å². The molecule has 0 bridgehead atoms. The summed E-state index contributed by atoms with van der Waals surface area (Å²) >= 11 is 0. The number of nitrogens with zero attached hydrogens (tertiary/aromatic N) is 3. The van der Waals surface area contributed by atoms with Crippen LogP contribution in [0.25, 0.3) is 39.7 Å². The molecule has 0 aliphatic carbocycles. The number of benzene rings is 4. The maximum Gasteiger partial charge on any atom is 0.199 e. The highest BCUT2D eigenvalue weighted by Crippen LogP contribution is 2.28. The number of hydrogen-bond donors (Lipinski definition) is 0. The van der Waals surface area contributed by atoms with Gasteiger partial charge in [0.2, 0.25) is 0 Å². The van der Waals surface area contributed by atoms with Gasteiger partial charge in [0, 0.05) is 11.1 Å². The van der Waals surface area contributed by atoms with E-state index in [-0.39, 0.29) is 0 Å². The zero-order valence-corrected chi connectivity index (χ0v) is 25.3. The fourth-order valence-electron chi connectivity index (χ4n) is 4.37. The Hall–Kier alpha value is -5.61. The van der Waals surface area contributed by atoms with E-state index in [0.29, 0.717) is 23.2 Å². The maximum atomic E-state index is 6.49. The van der Waals surface area contributed by atoms with Crippen molar-refractivity contribution in [2.24, 2.45) is 0 Å². The van der Waals surface area contributed by atoms with E-state index in [0.717, 1.165) is 39.1 Å².